The Kier molecular flexibility index (Phi) is 12.5. The number of aromatic nitrogens is 3. The highest BCUT2D eigenvalue weighted by Gasteiger charge is 2.20. The van der Waals surface area contributed by atoms with E-state index < -0.39 is 5.97 Å². The molecule has 0 aliphatic heterocycles. The fraction of sp³-hybridized carbons (Fsp3) is 0.462. The summed E-state index contributed by atoms with van der Waals surface area (Å²) in [6.07, 6.45) is 14.6. The van der Waals surface area contributed by atoms with Gasteiger partial charge in [0.05, 0.1) is 5.56 Å². The normalized spacial score (nSPS) is 15.9. The maximum Gasteiger partial charge on any atom is 0.335 e. The monoisotopic (exact) mass is 654 g/mol. The fourth-order valence-electron chi connectivity index (χ4n) is 6.29. The summed E-state index contributed by atoms with van der Waals surface area (Å²) in [6, 6.07) is 26.7. The SMILES string of the molecule is C1CCC(NC2CCCCC2)CC1.CC(C)(C)c1ccc(OCc2nnc(SCc3ccc(C(=O)O)cc3)n2-c2ccccc2)cc1. The van der Waals surface area contributed by atoms with Crippen molar-refractivity contribution in [2.75, 3.05) is 0 Å². The number of carboxylic acids is 1. The number of para-hydroxylation sites is 1. The van der Waals surface area contributed by atoms with Crippen LogP contribution in [0.1, 0.15) is 112 Å². The molecule has 0 radical (unpaired) electrons. The van der Waals surface area contributed by atoms with Crippen LogP contribution in [0.5, 0.6) is 5.75 Å². The summed E-state index contributed by atoms with van der Waals surface area (Å²) in [5, 5.41) is 22.5. The van der Waals surface area contributed by atoms with Gasteiger partial charge in [-0.2, -0.15) is 0 Å². The Labute approximate surface area is 284 Å². The van der Waals surface area contributed by atoms with E-state index in [1.807, 2.05) is 59.2 Å². The van der Waals surface area contributed by atoms with Crippen molar-refractivity contribution in [3.05, 3.63) is 101 Å². The molecular formula is C39H50N4O3S. The molecule has 2 aliphatic rings. The number of carboxylic acid groups (broad SMARTS) is 1. The molecule has 2 N–H and O–H groups in total. The first kappa shape index (κ1) is 34.7. The highest BCUT2D eigenvalue weighted by atomic mass is 32.2. The van der Waals surface area contributed by atoms with E-state index in [9.17, 15) is 4.79 Å². The van der Waals surface area contributed by atoms with Crippen molar-refractivity contribution in [2.24, 2.45) is 0 Å². The molecule has 47 heavy (non-hydrogen) atoms. The van der Waals surface area contributed by atoms with Crippen LogP contribution in [0.4, 0.5) is 0 Å². The van der Waals surface area contributed by atoms with Crippen molar-refractivity contribution in [1.82, 2.24) is 20.1 Å². The Morgan fingerprint density at radius 2 is 1.43 bits per heavy atom. The van der Waals surface area contributed by atoms with Gasteiger partial charge in [-0.15, -0.1) is 10.2 Å². The van der Waals surface area contributed by atoms with E-state index in [1.54, 1.807) is 23.9 Å². The molecule has 2 aliphatic carbocycles. The molecule has 0 saturated heterocycles. The van der Waals surface area contributed by atoms with Gasteiger partial charge < -0.3 is 15.2 Å². The molecule has 3 aromatic carbocycles. The fourth-order valence-corrected chi connectivity index (χ4v) is 7.21. The lowest BCUT2D eigenvalue weighted by molar-refractivity contribution is 0.0697. The highest BCUT2D eigenvalue weighted by molar-refractivity contribution is 7.98. The lowest BCUT2D eigenvalue weighted by Gasteiger charge is -2.30. The second kappa shape index (κ2) is 17.0. The highest BCUT2D eigenvalue weighted by Crippen LogP contribution is 2.28. The largest absolute Gasteiger partial charge is 0.486 e. The summed E-state index contributed by atoms with van der Waals surface area (Å²) in [7, 11) is 0. The number of benzene rings is 3. The summed E-state index contributed by atoms with van der Waals surface area (Å²) >= 11 is 1.54. The number of hydrogen-bond donors (Lipinski definition) is 2. The van der Waals surface area contributed by atoms with Gasteiger partial charge in [0.2, 0.25) is 0 Å². The van der Waals surface area contributed by atoms with Gasteiger partial charge in [-0.25, -0.2) is 4.79 Å². The zero-order chi connectivity index (χ0) is 33.1. The predicted molar refractivity (Wildman–Crippen MR) is 191 cm³/mol. The first-order valence-electron chi connectivity index (χ1n) is 17.2. The molecule has 8 heteroatoms. The minimum Gasteiger partial charge on any atom is -0.486 e. The summed E-state index contributed by atoms with van der Waals surface area (Å²) in [5.41, 5.74) is 3.58. The maximum absolute atomic E-state index is 11.1. The van der Waals surface area contributed by atoms with Crippen LogP contribution >= 0.6 is 11.8 Å². The minimum absolute atomic E-state index is 0.0894. The van der Waals surface area contributed by atoms with Crippen LogP contribution in [0, 0.1) is 0 Å². The van der Waals surface area contributed by atoms with Gasteiger partial charge in [0.25, 0.3) is 0 Å². The van der Waals surface area contributed by atoms with Gasteiger partial charge in [-0.3, -0.25) is 4.57 Å². The van der Waals surface area contributed by atoms with E-state index in [0.29, 0.717) is 11.6 Å². The second-order valence-electron chi connectivity index (χ2n) is 13.8. The summed E-state index contributed by atoms with van der Waals surface area (Å²) < 4.78 is 8.05. The number of aromatic carboxylic acids is 1. The minimum atomic E-state index is -0.930. The van der Waals surface area contributed by atoms with Crippen molar-refractivity contribution in [2.45, 2.75) is 120 Å². The van der Waals surface area contributed by atoms with E-state index in [4.69, 9.17) is 9.84 Å². The van der Waals surface area contributed by atoms with Gasteiger partial charge in [-0.05, 0) is 78.6 Å². The molecule has 7 nitrogen and oxygen atoms in total. The van der Waals surface area contributed by atoms with E-state index in [2.05, 4.69) is 48.4 Å². The lowest BCUT2D eigenvalue weighted by Crippen LogP contribution is -2.40. The Balaban J connectivity index is 0.000000277. The average molecular weight is 655 g/mol. The average Bonchev–Trinajstić information content (AvgIpc) is 3.50. The van der Waals surface area contributed by atoms with E-state index in [1.165, 1.54) is 69.8 Å². The van der Waals surface area contributed by atoms with Crippen LogP contribution in [0.2, 0.25) is 0 Å². The zero-order valence-corrected chi connectivity index (χ0v) is 29.0. The third-order valence-electron chi connectivity index (χ3n) is 9.05. The van der Waals surface area contributed by atoms with Crippen LogP contribution in [-0.4, -0.2) is 37.9 Å². The first-order valence-corrected chi connectivity index (χ1v) is 18.2. The smallest absolute Gasteiger partial charge is 0.335 e. The Morgan fingerprint density at radius 1 is 0.830 bits per heavy atom. The van der Waals surface area contributed by atoms with Gasteiger partial charge in [0, 0.05) is 23.5 Å². The topological polar surface area (TPSA) is 89.3 Å². The van der Waals surface area contributed by atoms with Crippen molar-refractivity contribution in [1.29, 1.82) is 0 Å². The van der Waals surface area contributed by atoms with Gasteiger partial charge in [-0.1, -0.05) is 114 Å². The number of hydrogen-bond acceptors (Lipinski definition) is 6. The zero-order valence-electron chi connectivity index (χ0n) is 28.2. The summed E-state index contributed by atoms with van der Waals surface area (Å²) in [6.45, 7) is 6.84. The van der Waals surface area contributed by atoms with Crippen molar-refractivity contribution in [3.63, 3.8) is 0 Å². The molecule has 0 unspecified atom stereocenters. The molecule has 0 spiro atoms. The van der Waals surface area contributed by atoms with Crippen molar-refractivity contribution in [3.8, 4) is 11.4 Å². The number of rotatable bonds is 10. The van der Waals surface area contributed by atoms with Crippen molar-refractivity contribution >= 4 is 17.7 Å². The number of ether oxygens (including phenoxy) is 1. The van der Waals surface area contributed by atoms with Gasteiger partial charge in [0.1, 0.15) is 12.4 Å². The Hall–Kier alpha value is -3.62. The third kappa shape index (κ3) is 10.4. The van der Waals surface area contributed by atoms with E-state index in [0.717, 1.165) is 34.2 Å². The van der Waals surface area contributed by atoms with Gasteiger partial charge >= 0.3 is 5.97 Å². The molecule has 250 valence electrons. The maximum atomic E-state index is 11.1. The molecule has 2 fully saturated rings. The van der Waals surface area contributed by atoms with Crippen LogP contribution in [0.3, 0.4) is 0 Å². The Morgan fingerprint density at radius 3 is 1.98 bits per heavy atom. The van der Waals surface area contributed by atoms with Crippen LogP contribution < -0.4 is 10.1 Å². The number of carbonyl (C=O) groups is 1. The second-order valence-corrected chi connectivity index (χ2v) is 14.7. The molecule has 6 rings (SSSR count). The van der Waals surface area contributed by atoms with Crippen LogP contribution in [0.15, 0.2) is 84.0 Å². The molecule has 0 atom stereocenters. The number of nitrogens with one attached hydrogen (secondary N) is 1. The standard InChI is InChI=1S/C27H27N3O3S.C12H23N/c1-27(2,3)21-13-15-23(16-14-21)33-17-24-28-29-26(30(24)22-7-5-4-6-8-22)34-18-19-9-11-20(12-10-19)25(31)32;1-3-7-11(8-4-1)13-12-9-5-2-6-10-12/h4-16H,17-18H2,1-3H3,(H,31,32);11-13H,1-10H2. The summed E-state index contributed by atoms with van der Waals surface area (Å²) in [5.74, 6) is 1.19. The molecule has 4 aromatic rings. The molecule has 1 aromatic heterocycles. The molecule has 0 amide bonds. The number of thioether (sulfide) groups is 1. The van der Waals surface area contributed by atoms with E-state index in [-0.39, 0.29) is 17.6 Å². The molecule has 1 heterocycles. The quantitative estimate of drug-likeness (QED) is 0.165. The first-order chi connectivity index (χ1) is 22.8. The predicted octanol–water partition coefficient (Wildman–Crippen LogP) is 9.38. The van der Waals surface area contributed by atoms with Gasteiger partial charge in [0.15, 0.2) is 11.0 Å². The summed E-state index contributed by atoms with van der Waals surface area (Å²) in [4.78, 5) is 11.1. The van der Waals surface area contributed by atoms with E-state index >= 15 is 0 Å². The van der Waals surface area contributed by atoms with Crippen LogP contribution in [0.25, 0.3) is 5.69 Å². The molecule has 2 saturated carbocycles. The molecular weight excluding hydrogens is 605 g/mol. The molecule has 0 bridgehead atoms. The van der Waals surface area contributed by atoms with Crippen LogP contribution in [-0.2, 0) is 17.8 Å². The third-order valence-corrected chi connectivity index (χ3v) is 10.1. The Bertz CT molecular complexity index is 1500. The van der Waals surface area contributed by atoms with Crippen molar-refractivity contribution < 1.29 is 14.6 Å². The lowest BCUT2D eigenvalue weighted by atomic mass is 9.87. The number of nitrogens with zero attached hydrogens (tertiary/aromatic N) is 3.